The van der Waals surface area contributed by atoms with Gasteiger partial charge in [-0.05, 0) is 38.3 Å². The molecule has 2 rings (SSSR count). The quantitative estimate of drug-likeness (QED) is 0.747. The van der Waals surface area contributed by atoms with Gasteiger partial charge in [0.15, 0.2) is 0 Å². The minimum Gasteiger partial charge on any atom is -0.483 e. The Labute approximate surface area is 101 Å². The third-order valence-electron chi connectivity index (χ3n) is 2.37. The van der Waals surface area contributed by atoms with Crippen molar-refractivity contribution in [1.29, 1.82) is 0 Å². The van der Waals surface area contributed by atoms with Crippen LogP contribution in [0, 0.1) is 0 Å². The summed E-state index contributed by atoms with van der Waals surface area (Å²) in [6, 6.07) is 5.95. The van der Waals surface area contributed by atoms with Crippen molar-refractivity contribution < 1.29 is 9.47 Å². The van der Waals surface area contributed by atoms with Gasteiger partial charge in [-0.25, -0.2) is 0 Å². The molecule has 86 valence electrons. The van der Waals surface area contributed by atoms with Crippen molar-refractivity contribution in [3.05, 3.63) is 29.8 Å². The van der Waals surface area contributed by atoms with E-state index in [4.69, 9.17) is 9.47 Å². The van der Waals surface area contributed by atoms with E-state index in [1.54, 1.807) is 11.8 Å². The number of rotatable bonds is 3. The number of fused-ring (bicyclic) bond motifs is 1. The topological polar surface area (TPSA) is 18.5 Å². The second-order valence-corrected chi connectivity index (χ2v) is 5.10. The van der Waals surface area contributed by atoms with Crippen molar-refractivity contribution >= 4 is 17.8 Å². The van der Waals surface area contributed by atoms with Gasteiger partial charge < -0.3 is 9.47 Å². The Balaban J connectivity index is 2.22. The summed E-state index contributed by atoms with van der Waals surface area (Å²) in [5.41, 5.74) is 0.876. The second-order valence-electron chi connectivity index (χ2n) is 4.29. The van der Waals surface area contributed by atoms with E-state index in [0.717, 1.165) is 17.1 Å². The molecule has 0 unspecified atom stereocenters. The number of ether oxygens (including phenoxy) is 2. The van der Waals surface area contributed by atoms with Gasteiger partial charge in [-0.2, -0.15) is 0 Å². The normalized spacial score (nSPS) is 16.4. The molecule has 1 aromatic rings. The first-order valence-electron chi connectivity index (χ1n) is 5.25. The molecule has 0 aromatic heterocycles. The summed E-state index contributed by atoms with van der Waals surface area (Å²) in [6.45, 7) is 4.09. The Morgan fingerprint density at radius 2 is 2.19 bits per heavy atom. The average Bonchev–Trinajstić information content (AvgIpc) is 2.24. The summed E-state index contributed by atoms with van der Waals surface area (Å²) in [7, 11) is 0. The van der Waals surface area contributed by atoms with E-state index in [2.05, 4.69) is 12.2 Å². The first-order chi connectivity index (χ1) is 7.61. The zero-order valence-electron chi connectivity index (χ0n) is 9.82. The van der Waals surface area contributed by atoms with Crippen molar-refractivity contribution in [2.45, 2.75) is 19.4 Å². The molecule has 1 aromatic carbocycles. The molecule has 0 amide bonds. The minimum absolute atomic E-state index is 0.231. The molecular weight excluding hydrogens is 220 g/mol. The fourth-order valence-corrected chi connectivity index (χ4v) is 1.82. The summed E-state index contributed by atoms with van der Waals surface area (Å²) >= 11 is 1.66. The van der Waals surface area contributed by atoms with Crippen molar-refractivity contribution in [2.75, 3.05) is 12.2 Å². The highest BCUT2D eigenvalue weighted by Gasteiger charge is 2.21. The summed E-state index contributed by atoms with van der Waals surface area (Å²) in [5.74, 6) is 2.42. The first-order valence-corrected chi connectivity index (χ1v) is 6.64. The Hall–Kier alpha value is -1.09. The zero-order valence-corrected chi connectivity index (χ0v) is 10.6. The molecule has 1 aliphatic rings. The molecule has 0 N–H and O–H groups in total. The lowest BCUT2D eigenvalue weighted by Gasteiger charge is -2.28. The second kappa shape index (κ2) is 4.42. The standard InChI is InChI=1S/C13H16O2S/c1-13(2)7-6-10-4-5-11(14-9-16-3)8-12(10)15-13/h4-8H,9H2,1-3H3. The van der Waals surface area contributed by atoms with E-state index in [-0.39, 0.29) is 5.60 Å². The number of benzene rings is 1. The SMILES string of the molecule is CSCOc1ccc2c(c1)OC(C)(C)C=C2. The largest absolute Gasteiger partial charge is 0.483 e. The highest BCUT2D eigenvalue weighted by molar-refractivity contribution is 7.98. The summed E-state index contributed by atoms with van der Waals surface area (Å²) in [5, 5.41) is 0. The lowest BCUT2D eigenvalue weighted by atomic mass is 10.0. The van der Waals surface area contributed by atoms with E-state index in [0.29, 0.717) is 5.94 Å². The van der Waals surface area contributed by atoms with Crippen molar-refractivity contribution in [2.24, 2.45) is 0 Å². The van der Waals surface area contributed by atoms with E-state index < -0.39 is 0 Å². The molecule has 0 bridgehead atoms. The van der Waals surface area contributed by atoms with Crippen molar-refractivity contribution in [3.8, 4) is 11.5 Å². The van der Waals surface area contributed by atoms with Crippen LogP contribution in [0.2, 0.25) is 0 Å². The lowest BCUT2D eigenvalue weighted by molar-refractivity contribution is 0.158. The molecule has 16 heavy (non-hydrogen) atoms. The minimum atomic E-state index is -0.231. The van der Waals surface area contributed by atoms with Gasteiger partial charge >= 0.3 is 0 Å². The maximum atomic E-state index is 5.87. The molecule has 0 atom stereocenters. The van der Waals surface area contributed by atoms with Gasteiger partial charge in [0.1, 0.15) is 23.0 Å². The van der Waals surface area contributed by atoms with Crippen LogP contribution < -0.4 is 9.47 Å². The molecule has 0 saturated heterocycles. The van der Waals surface area contributed by atoms with Gasteiger partial charge in [-0.1, -0.05) is 6.08 Å². The van der Waals surface area contributed by atoms with Gasteiger partial charge in [0.25, 0.3) is 0 Å². The first kappa shape index (κ1) is 11.4. The Bertz CT molecular complexity index is 410. The summed E-state index contributed by atoms with van der Waals surface area (Å²) in [6.07, 6.45) is 6.18. The van der Waals surface area contributed by atoms with Crippen LogP contribution in [-0.2, 0) is 0 Å². The van der Waals surface area contributed by atoms with Crippen LogP contribution in [0.1, 0.15) is 19.4 Å². The van der Waals surface area contributed by atoms with Crippen LogP contribution in [0.5, 0.6) is 11.5 Å². The Morgan fingerprint density at radius 1 is 1.38 bits per heavy atom. The van der Waals surface area contributed by atoms with Crippen LogP contribution in [-0.4, -0.2) is 17.8 Å². The average molecular weight is 236 g/mol. The smallest absolute Gasteiger partial charge is 0.133 e. The molecule has 0 spiro atoms. The summed E-state index contributed by atoms with van der Waals surface area (Å²) < 4.78 is 11.4. The van der Waals surface area contributed by atoms with Crippen molar-refractivity contribution in [1.82, 2.24) is 0 Å². The number of hydrogen-bond acceptors (Lipinski definition) is 3. The van der Waals surface area contributed by atoms with Crippen LogP contribution >= 0.6 is 11.8 Å². The van der Waals surface area contributed by atoms with Gasteiger partial charge in [0, 0.05) is 11.6 Å². The molecule has 0 radical (unpaired) electrons. The highest BCUT2D eigenvalue weighted by atomic mass is 32.2. The van der Waals surface area contributed by atoms with Gasteiger partial charge in [-0.3, -0.25) is 0 Å². The van der Waals surface area contributed by atoms with Gasteiger partial charge in [0.2, 0.25) is 0 Å². The fraction of sp³-hybridized carbons (Fsp3) is 0.385. The van der Waals surface area contributed by atoms with Crippen LogP contribution in [0.25, 0.3) is 6.08 Å². The molecule has 3 heteroatoms. The van der Waals surface area contributed by atoms with Gasteiger partial charge in [-0.15, -0.1) is 11.8 Å². The zero-order chi connectivity index (χ0) is 11.6. The predicted octanol–water partition coefficient (Wildman–Crippen LogP) is 3.57. The van der Waals surface area contributed by atoms with Crippen molar-refractivity contribution in [3.63, 3.8) is 0 Å². The predicted molar refractivity (Wildman–Crippen MR) is 69.2 cm³/mol. The van der Waals surface area contributed by atoms with E-state index in [1.807, 2.05) is 38.3 Å². The van der Waals surface area contributed by atoms with E-state index in [1.165, 1.54) is 0 Å². The Kier molecular flexibility index (Phi) is 3.15. The van der Waals surface area contributed by atoms with E-state index in [9.17, 15) is 0 Å². The molecule has 2 nitrogen and oxygen atoms in total. The molecule has 0 fully saturated rings. The molecular formula is C13H16O2S. The fourth-order valence-electron chi connectivity index (χ4n) is 1.57. The summed E-state index contributed by atoms with van der Waals surface area (Å²) in [4.78, 5) is 0. The Morgan fingerprint density at radius 3 is 2.94 bits per heavy atom. The monoisotopic (exact) mass is 236 g/mol. The third kappa shape index (κ3) is 2.53. The maximum Gasteiger partial charge on any atom is 0.133 e. The molecule has 0 saturated carbocycles. The van der Waals surface area contributed by atoms with Crippen LogP contribution in [0.4, 0.5) is 0 Å². The van der Waals surface area contributed by atoms with E-state index >= 15 is 0 Å². The number of thioether (sulfide) groups is 1. The maximum absolute atomic E-state index is 5.87. The molecule has 0 aliphatic carbocycles. The highest BCUT2D eigenvalue weighted by Crippen LogP contribution is 2.33. The van der Waals surface area contributed by atoms with Crippen LogP contribution in [0.15, 0.2) is 24.3 Å². The third-order valence-corrected chi connectivity index (χ3v) is 2.72. The lowest BCUT2D eigenvalue weighted by Crippen LogP contribution is -2.27. The molecule has 1 heterocycles. The number of hydrogen-bond donors (Lipinski definition) is 0. The van der Waals surface area contributed by atoms with Crippen LogP contribution in [0.3, 0.4) is 0 Å². The molecule has 1 aliphatic heterocycles. The van der Waals surface area contributed by atoms with Gasteiger partial charge in [0.05, 0.1) is 0 Å².